The largest absolute Gasteiger partial charge is 0.573 e. The minimum absolute atomic E-state index is 0.0914. The van der Waals surface area contributed by atoms with Gasteiger partial charge in [0.15, 0.2) is 23.1 Å². The van der Waals surface area contributed by atoms with E-state index in [1.807, 2.05) is 0 Å². The molecular weight excluding hydrogens is 502 g/mol. The van der Waals surface area contributed by atoms with Gasteiger partial charge in [-0.25, -0.2) is 9.37 Å². The van der Waals surface area contributed by atoms with Gasteiger partial charge in [-0.3, -0.25) is 9.78 Å². The SMILES string of the molecule is COc1cc(OC(F)(F)F)ccc1Oc1cncc(F)c1C(=O)Nc1cc(Br)ncc1C. The van der Waals surface area contributed by atoms with Crippen molar-refractivity contribution in [1.82, 2.24) is 9.97 Å². The molecule has 2 heterocycles. The van der Waals surface area contributed by atoms with E-state index >= 15 is 0 Å². The summed E-state index contributed by atoms with van der Waals surface area (Å²) in [6.45, 7) is 1.70. The summed E-state index contributed by atoms with van der Waals surface area (Å²) >= 11 is 3.19. The Kier molecular flexibility index (Phi) is 6.82. The van der Waals surface area contributed by atoms with Crippen LogP contribution in [0, 0.1) is 12.7 Å². The van der Waals surface area contributed by atoms with Crippen molar-refractivity contribution in [1.29, 1.82) is 0 Å². The number of aromatic nitrogens is 2. The zero-order chi connectivity index (χ0) is 23.5. The number of aryl methyl sites for hydroxylation is 1. The molecule has 1 N–H and O–H groups in total. The lowest BCUT2D eigenvalue weighted by molar-refractivity contribution is -0.274. The summed E-state index contributed by atoms with van der Waals surface area (Å²) in [5.74, 6) is -2.87. The molecule has 0 aliphatic carbocycles. The minimum atomic E-state index is -4.90. The summed E-state index contributed by atoms with van der Waals surface area (Å²) < 4.78 is 66.7. The van der Waals surface area contributed by atoms with Crippen LogP contribution in [0.1, 0.15) is 15.9 Å². The highest BCUT2D eigenvalue weighted by molar-refractivity contribution is 9.10. The molecule has 0 bridgehead atoms. The van der Waals surface area contributed by atoms with E-state index in [9.17, 15) is 22.4 Å². The number of ether oxygens (including phenoxy) is 3. The number of carbonyl (C=O) groups is 1. The first kappa shape index (κ1) is 23.3. The van der Waals surface area contributed by atoms with Crippen molar-refractivity contribution >= 4 is 27.5 Å². The molecule has 0 spiro atoms. The van der Waals surface area contributed by atoms with Crippen molar-refractivity contribution in [3.8, 4) is 23.0 Å². The van der Waals surface area contributed by atoms with E-state index in [0.29, 0.717) is 15.9 Å². The molecule has 0 radical (unpaired) electrons. The second-order valence-corrected chi connectivity index (χ2v) is 7.05. The van der Waals surface area contributed by atoms with Gasteiger partial charge in [0.25, 0.3) is 5.91 Å². The number of hydrogen-bond acceptors (Lipinski definition) is 6. The second-order valence-electron chi connectivity index (χ2n) is 6.23. The van der Waals surface area contributed by atoms with Crippen LogP contribution in [0.25, 0.3) is 0 Å². The molecular formula is C20H14BrF4N3O4. The third-order valence-corrected chi connectivity index (χ3v) is 4.43. The van der Waals surface area contributed by atoms with Crippen molar-refractivity contribution in [3.63, 3.8) is 0 Å². The number of nitrogens with one attached hydrogen (secondary N) is 1. The Morgan fingerprint density at radius 1 is 1.09 bits per heavy atom. The summed E-state index contributed by atoms with van der Waals surface area (Å²) in [6, 6.07) is 4.58. The van der Waals surface area contributed by atoms with E-state index in [2.05, 4.69) is 36.0 Å². The Balaban J connectivity index is 1.92. The molecule has 0 unspecified atom stereocenters. The highest BCUT2D eigenvalue weighted by atomic mass is 79.9. The Labute approximate surface area is 187 Å². The van der Waals surface area contributed by atoms with Crippen molar-refractivity contribution in [2.45, 2.75) is 13.3 Å². The van der Waals surface area contributed by atoms with E-state index in [1.165, 1.54) is 19.4 Å². The summed E-state index contributed by atoms with van der Waals surface area (Å²) in [5.41, 5.74) is 0.538. The smallest absolute Gasteiger partial charge is 0.493 e. The fraction of sp³-hybridized carbons (Fsp3) is 0.150. The highest BCUT2D eigenvalue weighted by Gasteiger charge is 2.31. The van der Waals surface area contributed by atoms with Crippen molar-refractivity contribution in [3.05, 3.63) is 64.4 Å². The van der Waals surface area contributed by atoms with Crippen molar-refractivity contribution in [2.24, 2.45) is 0 Å². The number of pyridine rings is 2. The Morgan fingerprint density at radius 2 is 1.84 bits per heavy atom. The Bertz CT molecular complexity index is 1160. The van der Waals surface area contributed by atoms with E-state index < -0.39 is 29.4 Å². The van der Waals surface area contributed by atoms with Crippen LogP contribution in [0.5, 0.6) is 23.0 Å². The lowest BCUT2D eigenvalue weighted by atomic mass is 10.2. The normalized spacial score (nSPS) is 11.1. The number of hydrogen-bond donors (Lipinski definition) is 1. The molecule has 0 saturated carbocycles. The van der Waals surface area contributed by atoms with Crippen LogP contribution < -0.4 is 19.5 Å². The number of alkyl halides is 3. The van der Waals surface area contributed by atoms with Crippen LogP contribution in [-0.2, 0) is 0 Å². The molecule has 0 fully saturated rings. The Hall–Kier alpha value is -3.41. The van der Waals surface area contributed by atoms with Crippen molar-refractivity contribution in [2.75, 3.05) is 12.4 Å². The fourth-order valence-electron chi connectivity index (χ4n) is 2.58. The second kappa shape index (κ2) is 9.39. The third kappa shape index (κ3) is 5.63. The van der Waals surface area contributed by atoms with Gasteiger partial charge in [0.1, 0.15) is 15.9 Å². The van der Waals surface area contributed by atoms with Crippen molar-refractivity contribution < 1.29 is 36.6 Å². The van der Waals surface area contributed by atoms with Gasteiger partial charge in [-0.15, -0.1) is 13.2 Å². The zero-order valence-electron chi connectivity index (χ0n) is 16.5. The van der Waals surface area contributed by atoms with Gasteiger partial charge < -0.3 is 19.5 Å². The maximum absolute atomic E-state index is 14.5. The summed E-state index contributed by atoms with van der Waals surface area (Å²) in [7, 11) is 1.20. The summed E-state index contributed by atoms with van der Waals surface area (Å²) in [4.78, 5) is 20.5. The molecule has 1 amide bonds. The number of halogens is 5. The van der Waals surface area contributed by atoms with Crippen LogP contribution in [-0.4, -0.2) is 29.3 Å². The number of rotatable bonds is 6. The molecule has 0 aliphatic heterocycles. The number of nitrogens with zero attached hydrogens (tertiary/aromatic N) is 2. The maximum atomic E-state index is 14.5. The van der Waals surface area contributed by atoms with Crippen LogP contribution in [0.15, 0.2) is 47.5 Å². The number of benzene rings is 1. The monoisotopic (exact) mass is 515 g/mol. The summed E-state index contributed by atoms with van der Waals surface area (Å²) in [5, 5.41) is 2.56. The number of methoxy groups -OCH3 is 1. The van der Waals surface area contributed by atoms with Crippen LogP contribution >= 0.6 is 15.9 Å². The Morgan fingerprint density at radius 3 is 2.53 bits per heavy atom. The maximum Gasteiger partial charge on any atom is 0.573 e. The molecule has 168 valence electrons. The molecule has 2 aromatic heterocycles. The molecule has 0 atom stereocenters. The number of anilines is 1. The van der Waals surface area contributed by atoms with Gasteiger partial charge in [-0.1, -0.05) is 0 Å². The lowest BCUT2D eigenvalue weighted by Gasteiger charge is -2.16. The predicted octanol–water partition coefficient (Wildman–Crippen LogP) is 5.64. The average molecular weight is 516 g/mol. The molecule has 0 aliphatic rings. The molecule has 0 saturated heterocycles. The van der Waals surface area contributed by atoms with Gasteiger partial charge in [-0.2, -0.15) is 0 Å². The first-order valence-electron chi connectivity index (χ1n) is 8.76. The number of carbonyl (C=O) groups excluding carboxylic acids is 1. The topological polar surface area (TPSA) is 82.6 Å². The van der Waals surface area contributed by atoms with E-state index in [4.69, 9.17) is 9.47 Å². The van der Waals surface area contributed by atoms with Gasteiger partial charge in [0.05, 0.1) is 19.5 Å². The molecule has 7 nitrogen and oxygen atoms in total. The lowest BCUT2D eigenvalue weighted by Crippen LogP contribution is -2.17. The number of amides is 1. The van der Waals surface area contributed by atoms with Gasteiger partial charge >= 0.3 is 6.36 Å². The minimum Gasteiger partial charge on any atom is -0.493 e. The van der Waals surface area contributed by atoms with Gasteiger partial charge in [0.2, 0.25) is 0 Å². The molecule has 12 heteroatoms. The molecule has 3 aromatic rings. The zero-order valence-corrected chi connectivity index (χ0v) is 18.0. The van der Waals surface area contributed by atoms with E-state index in [1.54, 1.807) is 6.92 Å². The predicted molar refractivity (Wildman–Crippen MR) is 109 cm³/mol. The highest BCUT2D eigenvalue weighted by Crippen LogP contribution is 2.37. The first-order chi connectivity index (χ1) is 15.1. The quantitative estimate of drug-likeness (QED) is 0.338. The standard InChI is InChI=1S/C20H14BrF4N3O4/c1-10-7-27-17(21)6-13(10)28-19(29)18-12(22)8-26-9-16(18)31-14-4-3-11(5-15(14)30-2)32-20(23,24)25/h3-9H,1-2H3,(H,27,28,29). The molecule has 32 heavy (non-hydrogen) atoms. The molecule has 3 rings (SSSR count). The molecule has 1 aromatic carbocycles. The summed E-state index contributed by atoms with van der Waals surface area (Å²) in [6.07, 6.45) is -1.47. The average Bonchev–Trinajstić information content (AvgIpc) is 2.70. The van der Waals surface area contributed by atoms with Crippen LogP contribution in [0.4, 0.5) is 23.2 Å². The third-order valence-electron chi connectivity index (χ3n) is 4.00. The van der Waals surface area contributed by atoms with Gasteiger partial charge in [-0.05, 0) is 46.6 Å². The van der Waals surface area contributed by atoms with Gasteiger partial charge in [0, 0.05) is 18.0 Å². The fourth-order valence-corrected chi connectivity index (χ4v) is 2.91. The van der Waals surface area contributed by atoms with Crippen LogP contribution in [0.3, 0.4) is 0 Å². The van der Waals surface area contributed by atoms with E-state index in [0.717, 1.165) is 30.6 Å². The first-order valence-corrected chi connectivity index (χ1v) is 9.55. The van der Waals surface area contributed by atoms with Crippen LogP contribution in [0.2, 0.25) is 0 Å². The van der Waals surface area contributed by atoms with E-state index in [-0.39, 0.29) is 17.2 Å².